The van der Waals surface area contributed by atoms with E-state index >= 15 is 0 Å². The summed E-state index contributed by atoms with van der Waals surface area (Å²) >= 11 is 0. The van der Waals surface area contributed by atoms with Crippen molar-refractivity contribution in [3.8, 4) is 11.5 Å². The normalized spacial score (nSPS) is 14.8. The van der Waals surface area contributed by atoms with Crippen LogP contribution in [0.1, 0.15) is 12.5 Å². The zero-order valence-electron chi connectivity index (χ0n) is 15.4. The predicted molar refractivity (Wildman–Crippen MR) is 96.3 cm³/mol. The van der Waals surface area contributed by atoms with Crippen LogP contribution in [-0.4, -0.2) is 76.0 Å². The van der Waals surface area contributed by atoms with Gasteiger partial charge in [-0.3, -0.25) is 4.90 Å². The number of hydrogen-bond donors (Lipinski definition) is 1. The van der Waals surface area contributed by atoms with Crippen molar-refractivity contribution < 1.29 is 19.0 Å². The Balaban J connectivity index is 2.05. The van der Waals surface area contributed by atoms with Crippen molar-refractivity contribution >= 4 is 6.03 Å². The molecule has 1 aromatic carbocycles. The first-order valence-electron chi connectivity index (χ1n) is 8.71. The molecule has 0 aromatic heterocycles. The average Bonchev–Trinajstić information content (AvgIpc) is 2.66. The Hall–Kier alpha value is -1.99. The number of nitrogens with zero attached hydrogens (tertiary/aromatic N) is 2. The van der Waals surface area contributed by atoms with Crippen molar-refractivity contribution in [2.75, 3.05) is 60.2 Å². The number of ether oxygens (including phenoxy) is 3. The van der Waals surface area contributed by atoms with Gasteiger partial charge in [-0.1, -0.05) is 0 Å². The van der Waals surface area contributed by atoms with Gasteiger partial charge in [-0.2, -0.15) is 0 Å². The van der Waals surface area contributed by atoms with Crippen LogP contribution in [0.25, 0.3) is 0 Å². The zero-order chi connectivity index (χ0) is 18.1. The predicted octanol–water partition coefficient (Wildman–Crippen LogP) is 1.57. The molecule has 0 unspecified atom stereocenters. The standard InChI is InChI=1S/C18H29N3O4/c1-4-19-18(22)21(8-7-20-9-11-25-12-10-20)14-15-5-6-16(23-2)13-17(15)24-3/h5-6,13H,4,7-12,14H2,1-3H3,(H,19,22). The Labute approximate surface area is 149 Å². The van der Waals surface area contributed by atoms with Gasteiger partial charge in [0, 0.05) is 44.4 Å². The van der Waals surface area contributed by atoms with E-state index in [0.717, 1.165) is 49.9 Å². The lowest BCUT2D eigenvalue weighted by atomic mass is 10.1. The van der Waals surface area contributed by atoms with E-state index in [1.807, 2.05) is 30.0 Å². The van der Waals surface area contributed by atoms with Gasteiger partial charge in [-0.05, 0) is 19.1 Å². The maximum absolute atomic E-state index is 12.4. The van der Waals surface area contributed by atoms with Crippen molar-refractivity contribution in [1.82, 2.24) is 15.1 Å². The summed E-state index contributed by atoms with van der Waals surface area (Å²) < 4.78 is 16.1. The molecule has 25 heavy (non-hydrogen) atoms. The van der Waals surface area contributed by atoms with Crippen LogP contribution in [0.15, 0.2) is 18.2 Å². The van der Waals surface area contributed by atoms with Crippen LogP contribution in [0.5, 0.6) is 11.5 Å². The lowest BCUT2D eigenvalue weighted by Gasteiger charge is -2.30. The average molecular weight is 351 g/mol. The van der Waals surface area contributed by atoms with E-state index in [0.29, 0.717) is 19.6 Å². The molecule has 1 heterocycles. The summed E-state index contributed by atoms with van der Waals surface area (Å²) in [5.41, 5.74) is 0.955. The van der Waals surface area contributed by atoms with Gasteiger partial charge in [-0.15, -0.1) is 0 Å². The van der Waals surface area contributed by atoms with Crippen LogP contribution in [0.3, 0.4) is 0 Å². The molecule has 7 nitrogen and oxygen atoms in total. The number of rotatable bonds is 8. The molecule has 1 N–H and O–H groups in total. The molecule has 0 spiro atoms. The quantitative estimate of drug-likeness (QED) is 0.770. The number of carbonyl (C=O) groups excluding carboxylic acids is 1. The van der Waals surface area contributed by atoms with Crippen LogP contribution >= 0.6 is 0 Å². The molecular weight excluding hydrogens is 322 g/mol. The second kappa shape index (κ2) is 10.1. The highest BCUT2D eigenvalue weighted by Gasteiger charge is 2.18. The molecule has 0 saturated carbocycles. The van der Waals surface area contributed by atoms with Crippen LogP contribution < -0.4 is 14.8 Å². The maximum Gasteiger partial charge on any atom is 0.317 e. The third-order valence-corrected chi connectivity index (χ3v) is 4.26. The monoisotopic (exact) mass is 351 g/mol. The van der Waals surface area contributed by atoms with Gasteiger partial charge in [0.2, 0.25) is 0 Å². The highest BCUT2D eigenvalue weighted by atomic mass is 16.5. The maximum atomic E-state index is 12.4. The second-order valence-electron chi connectivity index (χ2n) is 5.89. The first-order valence-corrected chi connectivity index (χ1v) is 8.71. The lowest BCUT2D eigenvalue weighted by Crippen LogP contribution is -2.45. The van der Waals surface area contributed by atoms with Gasteiger partial charge in [0.1, 0.15) is 11.5 Å². The summed E-state index contributed by atoms with van der Waals surface area (Å²) in [6.07, 6.45) is 0. The molecule has 0 bridgehead atoms. The molecule has 1 aliphatic heterocycles. The number of methoxy groups -OCH3 is 2. The topological polar surface area (TPSA) is 63.3 Å². The number of nitrogens with one attached hydrogen (secondary N) is 1. The van der Waals surface area contributed by atoms with E-state index < -0.39 is 0 Å². The van der Waals surface area contributed by atoms with Crippen LogP contribution in [0, 0.1) is 0 Å². The highest BCUT2D eigenvalue weighted by molar-refractivity contribution is 5.74. The fourth-order valence-electron chi connectivity index (χ4n) is 2.79. The largest absolute Gasteiger partial charge is 0.497 e. The number of morpholine rings is 1. The third kappa shape index (κ3) is 5.79. The van der Waals surface area contributed by atoms with E-state index in [-0.39, 0.29) is 6.03 Å². The van der Waals surface area contributed by atoms with Gasteiger partial charge in [0.15, 0.2) is 0 Å². The Bertz CT molecular complexity index is 547. The van der Waals surface area contributed by atoms with Crippen molar-refractivity contribution in [3.05, 3.63) is 23.8 Å². The molecule has 0 atom stereocenters. The Kier molecular flexibility index (Phi) is 7.81. The van der Waals surface area contributed by atoms with Crippen LogP contribution in [0.2, 0.25) is 0 Å². The van der Waals surface area contributed by atoms with Gasteiger partial charge in [0.25, 0.3) is 0 Å². The smallest absolute Gasteiger partial charge is 0.317 e. The summed E-state index contributed by atoms with van der Waals surface area (Å²) in [6.45, 7) is 7.84. The first-order chi connectivity index (χ1) is 12.2. The SMILES string of the molecule is CCNC(=O)N(CCN1CCOCC1)Cc1ccc(OC)cc1OC. The minimum absolute atomic E-state index is 0.0615. The van der Waals surface area contributed by atoms with Crippen LogP contribution in [0.4, 0.5) is 4.79 Å². The molecular formula is C18H29N3O4. The summed E-state index contributed by atoms with van der Waals surface area (Å²) in [4.78, 5) is 16.6. The zero-order valence-corrected chi connectivity index (χ0v) is 15.4. The van der Waals surface area contributed by atoms with Gasteiger partial charge in [-0.25, -0.2) is 4.79 Å². The molecule has 7 heteroatoms. The van der Waals surface area contributed by atoms with E-state index in [4.69, 9.17) is 14.2 Å². The number of amides is 2. The van der Waals surface area contributed by atoms with Gasteiger partial charge >= 0.3 is 6.03 Å². The lowest BCUT2D eigenvalue weighted by molar-refractivity contribution is 0.0346. The molecule has 0 radical (unpaired) electrons. The fraction of sp³-hybridized carbons (Fsp3) is 0.611. The molecule has 1 aromatic rings. The summed E-state index contributed by atoms with van der Waals surface area (Å²) in [5, 5.41) is 2.89. The minimum Gasteiger partial charge on any atom is -0.497 e. The number of benzene rings is 1. The molecule has 1 saturated heterocycles. The molecule has 1 fully saturated rings. The van der Waals surface area contributed by atoms with Gasteiger partial charge < -0.3 is 24.4 Å². The van der Waals surface area contributed by atoms with Crippen LogP contribution in [-0.2, 0) is 11.3 Å². The van der Waals surface area contributed by atoms with E-state index in [2.05, 4.69) is 10.2 Å². The van der Waals surface area contributed by atoms with E-state index in [1.165, 1.54) is 0 Å². The summed E-state index contributed by atoms with van der Waals surface area (Å²) in [5.74, 6) is 1.46. The van der Waals surface area contributed by atoms with E-state index in [1.54, 1.807) is 14.2 Å². The highest BCUT2D eigenvalue weighted by Crippen LogP contribution is 2.25. The summed E-state index contributed by atoms with van der Waals surface area (Å²) in [6, 6.07) is 5.61. The van der Waals surface area contributed by atoms with Crippen molar-refractivity contribution in [2.45, 2.75) is 13.5 Å². The number of hydrogen-bond acceptors (Lipinski definition) is 5. The second-order valence-corrected chi connectivity index (χ2v) is 5.89. The Morgan fingerprint density at radius 2 is 2.04 bits per heavy atom. The molecule has 1 aliphatic rings. The van der Waals surface area contributed by atoms with E-state index in [9.17, 15) is 4.79 Å². The third-order valence-electron chi connectivity index (χ3n) is 4.26. The fourth-order valence-corrected chi connectivity index (χ4v) is 2.79. The first kappa shape index (κ1) is 19.3. The molecule has 2 amide bonds. The molecule has 2 rings (SSSR count). The molecule has 140 valence electrons. The Morgan fingerprint density at radius 1 is 1.28 bits per heavy atom. The minimum atomic E-state index is -0.0615. The van der Waals surface area contributed by atoms with Crippen molar-refractivity contribution in [3.63, 3.8) is 0 Å². The molecule has 0 aliphatic carbocycles. The van der Waals surface area contributed by atoms with Gasteiger partial charge in [0.05, 0.1) is 34.0 Å². The van der Waals surface area contributed by atoms with Crippen molar-refractivity contribution in [2.24, 2.45) is 0 Å². The summed E-state index contributed by atoms with van der Waals surface area (Å²) in [7, 11) is 3.25. The number of carbonyl (C=O) groups is 1. The number of urea groups is 1. The Morgan fingerprint density at radius 3 is 2.68 bits per heavy atom. The van der Waals surface area contributed by atoms with Crippen molar-refractivity contribution in [1.29, 1.82) is 0 Å².